The lowest BCUT2D eigenvalue weighted by Gasteiger charge is -2.21. The van der Waals surface area contributed by atoms with Crippen molar-refractivity contribution in [2.24, 2.45) is 5.73 Å². The number of carboxylic acids is 1. The summed E-state index contributed by atoms with van der Waals surface area (Å²) in [6, 6.07) is -3.70. The molecule has 2 atom stereocenters. The van der Waals surface area contributed by atoms with Gasteiger partial charge in [0.25, 0.3) is 0 Å². The van der Waals surface area contributed by atoms with Crippen molar-refractivity contribution in [1.82, 2.24) is 26.6 Å². The number of rotatable bonds is 29. The van der Waals surface area contributed by atoms with Gasteiger partial charge in [-0.25, -0.2) is 0 Å². The van der Waals surface area contributed by atoms with Crippen molar-refractivity contribution < 1.29 is 57.2 Å². The van der Waals surface area contributed by atoms with Crippen molar-refractivity contribution in [3.8, 4) is 0 Å². The third-order valence-electron chi connectivity index (χ3n) is 6.06. The predicted molar refractivity (Wildman–Crippen MR) is 162 cm³/mol. The Kier molecular flexibility index (Phi) is 24.0. The molecule has 0 rings (SSSR count). The van der Waals surface area contributed by atoms with Gasteiger partial charge in [-0.15, -0.1) is 0 Å². The van der Waals surface area contributed by atoms with E-state index in [9.17, 15) is 33.2 Å². The van der Waals surface area contributed by atoms with Crippen LogP contribution in [-0.2, 0) is 47.7 Å². The van der Waals surface area contributed by atoms with E-state index in [0.29, 0.717) is 12.8 Å². The quantitative estimate of drug-likeness (QED) is 0.0330. The lowest BCUT2D eigenvalue weighted by atomic mass is 10.0. The molecule has 0 radical (unpaired) electrons. The van der Waals surface area contributed by atoms with Crippen LogP contribution >= 0.6 is 0 Å². The van der Waals surface area contributed by atoms with E-state index in [1.807, 2.05) is 0 Å². The van der Waals surface area contributed by atoms with Crippen LogP contribution in [0.15, 0.2) is 0 Å². The zero-order chi connectivity index (χ0) is 34.8. The second-order valence-electron chi connectivity index (χ2n) is 10.6. The summed E-state index contributed by atoms with van der Waals surface area (Å²) in [5.41, 5.74) is 4.39. The van der Waals surface area contributed by atoms with Crippen LogP contribution in [0, 0.1) is 0 Å². The Bertz CT molecular complexity index is 936. The number of aliphatic carboxylic acids is 1. The summed E-state index contributed by atoms with van der Waals surface area (Å²) >= 11 is 0. The third-order valence-corrected chi connectivity index (χ3v) is 6.06. The average Bonchev–Trinajstić information content (AvgIpc) is 2.98. The second kappa shape index (κ2) is 25.9. The Balaban J connectivity index is 3.61. The number of likely N-dealkylation sites (N-methyl/N-ethyl adjacent to an activating group) is 1. The highest BCUT2D eigenvalue weighted by molar-refractivity contribution is 5.89. The van der Waals surface area contributed by atoms with Crippen LogP contribution < -0.4 is 32.3 Å². The number of unbranched alkanes of at least 4 members (excludes halogenated alkanes) is 1. The van der Waals surface area contributed by atoms with Crippen molar-refractivity contribution in [3.05, 3.63) is 0 Å². The summed E-state index contributed by atoms with van der Waals surface area (Å²) in [5, 5.41) is 21.7. The number of hydrogen-bond acceptors (Lipinski definition) is 12. The lowest BCUT2D eigenvalue weighted by molar-refractivity contribution is -0.139. The summed E-state index contributed by atoms with van der Waals surface area (Å²) in [6.45, 7) is 4.59. The Morgan fingerprint density at radius 2 is 1.22 bits per heavy atom. The number of carbonyl (C=O) groups is 6. The molecule has 4 amide bonds. The summed E-state index contributed by atoms with van der Waals surface area (Å²) in [7, 11) is 1.52. The zero-order valence-electron chi connectivity index (χ0n) is 27.0. The van der Waals surface area contributed by atoms with Gasteiger partial charge in [-0.1, -0.05) is 0 Å². The van der Waals surface area contributed by atoms with Gasteiger partial charge >= 0.3 is 12.0 Å². The molecule has 0 heterocycles. The summed E-state index contributed by atoms with van der Waals surface area (Å²) in [5.74, 6) is -2.61. The molecule has 0 aliphatic rings. The fraction of sp³-hybridized carbons (Fsp3) is 0.786. The summed E-state index contributed by atoms with van der Waals surface area (Å²) < 4.78 is 34.2. The van der Waals surface area contributed by atoms with Crippen molar-refractivity contribution in [3.63, 3.8) is 0 Å². The Labute approximate surface area is 268 Å². The van der Waals surface area contributed by atoms with Gasteiger partial charge in [0.1, 0.15) is 25.3 Å². The number of halogens is 1. The molecule has 0 spiro atoms. The number of nitrogens with one attached hydrogen (secondary N) is 5. The van der Waals surface area contributed by atoms with Gasteiger partial charge in [-0.3, -0.25) is 28.8 Å². The fourth-order valence-electron chi connectivity index (χ4n) is 3.44. The van der Waals surface area contributed by atoms with Crippen molar-refractivity contribution in [2.45, 2.75) is 63.6 Å². The maximum absolute atomic E-state index is 13.2. The smallest absolute Gasteiger partial charge is 0.323 e. The molecular weight excluding hydrogens is 615 g/mol. The van der Waals surface area contributed by atoms with E-state index >= 15 is 0 Å². The number of hydrogen-bond donors (Lipinski definition) is 7. The standard InChI is InChI=1S/C28H51FN6O11/c1-28(2,30)27(42)35-20(25(29)39)6-4-5-9-32-23(37)18-45-16-15-44-13-11-34-24(38)19-46-17-14-43-12-10-33-22(36)8-7-21(31-3)26(40)41/h20-21,31H,4-19,30H2,1-3H3,(H,32,37)(H,33,36)(H,34,38)(H,35,42)(H,40,41). The number of ether oxygens (including phenoxy) is 4. The molecule has 266 valence electrons. The van der Waals surface area contributed by atoms with Gasteiger partial charge in [-0.05, 0) is 46.6 Å². The normalized spacial score (nSPS) is 12.5. The molecule has 0 aliphatic heterocycles. The largest absolute Gasteiger partial charge is 0.480 e. The summed E-state index contributed by atoms with van der Waals surface area (Å²) in [4.78, 5) is 69.1. The van der Waals surface area contributed by atoms with E-state index < -0.39 is 35.5 Å². The first kappa shape index (κ1) is 42.7. The molecule has 0 aromatic carbocycles. The van der Waals surface area contributed by atoms with E-state index in [2.05, 4.69) is 26.6 Å². The molecule has 0 saturated carbocycles. The van der Waals surface area contributed by atoms with Gasteiger partial charge in [0.2, 0.25) is 23.6 Å². The number of nitrogens with two attached hydrogens (primary N) is 1. The topological polar surface area (TPSA) is 246 Å². The molecule has 17 nitrogen and oxygen atoms in total. The van der Waals surface area contributed by atoms with Gasteiger partial charge < -0.3 is 56.4 Å². The Hall–Kier alpha value is -3.29. The van der Waals surface area contributed by atoms with Crippen molar-refractivity contribution >= 4 is 35.6 Å². The highest BCUT2D eigenvalue weighted by Gasteiger charge is 2.27. The molecule has 0 aromatic heterocycles. The molecule has 2 unspecified atom stereocenters. The van der Waals surface area contributed by atoms with E-state index in [0.717, 1.165) is 0 Å². The SMILES string of the molecule is CNC(CCC(=O)NCCOCCOCC(=O)NCCOCCOCC(=O)NCCCCC(NC(=O)C(C)(C)N)C(=O)F)C(=O)O. The van der Waals surface area contributed by atoms with Crippen molar-refractivity contribution in [2.75, 3.05) is 79.5 Å². The van der Waals surface area contributed by atoms with E-state index in [1.54, 1.807) is 0 Å². The maximum atomic E-state index is 13.2. The minimum atomic E-state index is -1.65. The van der Waals surface area contributed by atoms with Crippen LogP contribution in [0.3, 0.4) is 0 Å². The minimum Gasteiger partial charge on any atom is -0.480 e. The highest BCUT2D eigenvalue weighted by atomic mass is 19.1. The van der Waals surface area contributed by atoms with Crippen LogP contribution in [-0.4, -0.2) is 138 Å². The molecule has 0 fully saturated rings. The molecule has 0 saturated heterocycles. The third kappa shape index (κ3) is 24.0. The maximum Gasteiger partial charge on any atom is 0.323 e. The fourth-order valence-corrected chi connectivity index (χ4v) is 3.44. The molecule has 46 heavy (non-hydrogen) atoms. The number of carbonyl (C=O) groups excluding carboxylic acids is 5. The van der Waals surface area contributed by atoms with E-state index in [-0.39, 0.29) is 109 Å². The first-order chi connectivity index (χ1) is 21.8. The molecule has 0 bridgehead atoms. The molecule has 0 aliphatic carbocycles. The molecule has 18 heteroatoms. The van der Waals surface area contributed by atoms with Crippen LogP contribution in [0.1, 0.15) is 46.0 Å². The molecular formula is C28H51FN6O11. The minimum absolute atomic E-state index is 0.0758. The van der Waals surface area contributed by atoms with Crippen LogP contribution in [0.5, 0.6) is 0 Å². The van der Waals surface area contributed by atoms with Crippen molar-refractivity contribution in [1.29, 1.82) is 0 Å². The molecule has 0 aromatic rings. The van der Waals surface area contributed by atoms with Gasteiger partial charge in [-0.2, -0.15) is 4.39 Å². The van der Waals surface area contributed by atoms with Crippen LogP contribution in [0.4, 0.5) is 4.39 Å². The monoisotopic (exact) mass is 666 g/mol. The Morgan fingerprint density at radius 1 is 0.717 bits per heavy atom. The summed E-state index contributed by atoms with van der Waals surface area (Å²) in [6.07, 6.45) is 1.18. The number of carboxylic acid groups (broad SMARTS) is 1. The van der Waals surface area contributed by atoms with E-state index in [1.165, 1.54) is 20.9 Å². The second-order valence-corrected chi connectivity index (χ2v) is 10.6. The average molecular weight is 667 g/mol. The molecule has 8 N–H and O–H groups in total. The first-order valence-corrected chi connectivity index (χ1v) is 15.1. The number of amides is 4. The van der Waals surface area contributed by atoms with Gasteiger partial charge in [0.15, 0.2) is 0 Å². The lowest BCUT2D eigenvalue weighted by Crippen LogP contribution is -2.53. The van der Waals surface area contributed by atoms with Crippen LogP contribution in [0.25, 0.3) is 0 Å². The Morgan fingerprint density at radius 3 is 1.70 bits per heavy atom. The zero-order valence-corrected chi connectivity index (χ0v) is 27.0. The van der Waals surface area contributed by atoms with Gasteiger partial charge in [0.05, 0.1) is 45.2 Å². The first-order valence-electron chi connectivity index (χ1n) is 15.1. The van der Waals surface area contributed by atoms with E-state index in [4.69, 9.17) is 29.8 Å². The highest BCUT2D eigenvalue weighted by Crippen LogP contribution is 2.06. The van der Waals surface area contributed by atoms with Gasteiger partial charge in [0, 0.05) is 26.1 Å². The van der Waals surface area contributed by atoms with Crippen LogP contribution in [0.2, 0.25) is 0 Å². The predicted octanol–water partition coefficient (Wildman–Crippen LogP) is -2.26.